The van der Waals surface area contributed by atoms with Crippen molar-refractivity contribution in [2.75, 3.05) is 28.4 Å². The Bertz CT molecular complexity index is 1270. The van der Waals surface area contributed by atoms with Crippen molar-refractivity contribution in [3.8, 4) is 11.1 Å². The van der Waals surface area contributed by atoms with Crippen LogP contribution in [0.4, 0.5) is 0 Å². The van der Waals surface area contributed by atoms with Gasteiger partial charge in [-0.2, -0.15) is 0 Å². The lowest BCUT2D eigenvalue weighted by Crippen LogP contribution is -2.10. The van der Waals surface area contributed by atoms with Gasteiger partial charge in [-0.25, -0.2) is 0 Å². The van der Waals surface area contributed by atoms with Crippen molar-refractivity contribution in [1.29, 1.82) is 0 Å². The van der Waals surface area contributed by atoms with E-state index in [-0.39, 0.29) is 0 Å². The number of hydrogen-bond acceptors (Lipinski definition) is 6. The van der Waals surface area contributed by atoms with Crippen LogP contribution in [-0.4, -0.2) is 28.4 Å². The zero-order valence-electron chi connectivity index (χ0n) is 18.3. The van der Waals surface area contributed by atoms with E-state index in [1.807, 2.05) is 72.8 Å². The molecule has 0 radical (unpaired) electrons. The molecule has 0 aliphatic carbocycles. The van der Waals surface area contributed by atoms with Crippen LogP contribution in [0.25, 0.3) is 32.7 Å². The normalized spacial score (nSPS) is 12.5. The molecule has 0 saturated heterocycles. The molecule has 0 saturated carbocycles. The van der Waals surface area contributed by atoms with Crippen molar-refractivity contribution in [3.05, 3.63) is 72.8 Å². The Kier molecular flexibility index (Phi) is 6.37. The van der Waals surface area contributed by atoms with Crippen molar-refractivity contribution in [2.45, 2.75) is 0 Å². The van der Waals surface area contributed by atoms with Crippen molar-refractivity contribution in [2.24, 2.45) is 0 Å². The van der Waals surface area contributed by atoms with E-state index in [1.165, 1.54) is 28.4 Å². The Balaban J connectivity index is 2.14. The molecule has 4 aromatic rings. The molecule has 0 spiro atoms. The third-order valence-electron chi connectivity index (χ3n) is 5.58. The lowest BCUT2D eigenvalue weighted by molar-refractivity contribution is 0.286. The molecule has 0 aliphatic rings. The highest BCUT2D eigenvalue weighted by atomic mass is 31.2. The van der Waals surface area contributed by atoms with E-state index >= 15 is 0 Å². The lowest BCUT2D eigenvalue weighted by atomic mass is 9.94. The first-order chi connectivity index (χ1) is 15.4. The van der Waals surface area contributed by atoms with Gasteiger partial charge in [0.05, 0.1) is 10.6 Å². The molecule has 0 bridgehead atoms. The predicted molar refractivity (Wildman–Crippen MR) is 129 cm³/mol. The summed E-state index contributed by atoms with van der Waals surface area (Å²) in [6, 6.07) is 22.8. The van der Waals surface area contributed by atoms with Gasteiger partial charge in [-0.3, -0.25) is 9.13 Å². The van der Waals surface area contributed by atoms with Crippen molar-refractivity contribution in [1.82, 2.24) is 0 Å². The minimum absolute atomic E-state index is 0.437. The summed E-state index contributed by atoms with van der Waals surface area (Å²) >= 11 is 0. The molecule has 0 amide bonds. The Labute approximate surface area is 187 Å². The minimum atomic E-state index is -3.51. The average Bonchev–Trinajstić information content (AvgIpc) is 2.86. The van der Waals surface area contributed by atoms with Crippen LogP contribution in [0.3, 0.4) is 0 Å². The summed E-state index contributed by atoms with van der Waals surface area (Å²) in [4.78, 5) is 0. The molecule has 0 fully saturated rings. The maximum atomic E-state index is 13.2. The molecule has 0 atom stereocenters. The highest BCUT2D eigenvalue weighted by Crippen LogP contribution is 2.49. The van der Waals surface area contributed by atoms with Crippen LogP contribution in [0.1, 0.15) is 0 Å². The molecular weight excluding hydrogens is 446 g/mol. The number of benzene rings is 4. The quantitative estimate of drug-likeness (QED) is 0.314. The largest absolute Gasteiger partial charge is 0.360 e. The monoisotopic (exact) mass is 470 g/mol. The molecule has 4 rings (SSSR count). The summed E-state index contributed by atoms with van der Waals surface area (Å²) in [5.74, 6) is 0. The fourth-order valence-corrected chi connectivity index (χ4v) is 6.23. The van der Waals surface area contributed by atoms with E-state index in [1.54, 1.807) is 0 Å². The summed E-state index contributed by atoms with van der Waals surface area (Å²) in [5, 5.41) is 4.53. The van der Waals surface area contributed by atoms with Gasteiger partial charge in [-0.1, -0.05) is 48.5 Å². The zero-order chi connectivity index (χ0) is 22.9. The van der Waals surface area contributed by atoms with Gasteiger partial charge < -0.3 is 18.1 Å². The number of fused-ring (bicyclic) bond motifs is 2. The molecule has 0 unspecified atom stereocenters. The van der Waals surface area contributed by atoms with Crippen LogP contribution < -0.4 is 10.6 Å². The van der Waals surface area contributed by atoms with E-state index in [4.69, 9.17) is 18.1 Å². The van der Waals surface area contributed by atoms with Crippen LogP contribution in [-0.2, 0) is 27.2 Å². The summed E-state index contributed by atoms with van der Waals surface area (Å²) in [7, 11) is -1.56. The first-order valence-electron chi connectivity index (χ1n) is 9.89. The second-order valence-corrected chi connectivity index (χ2v) is 11.6. The van der Waals surface area contributed by atoms with Crippen LogP contribution in [0.15, 0.2) is 72.8 Å². The molecular formula is C24H24O6P2. The van der Waals surface area contributed by atoms with Crippen molar-refractivity contribution < 1.29 is 27.2 Å². The maximum absolute atomic E-state index is 13.2. The van der Waals surface area contributed by atoms with E-state index < -0.39 is 15.2 Å². The van der Waals surface area contributed by atoms with Gasteiger partial charge in [0.15, 0.2) is 0 Å². The summed E-state index contributed by atoms with van der Waals surface area (Å²) in [6.45, 7) is 0. The average molecular weight is 470 g/mol. The molecule has 0 heterocycles. The SMILES string of the molecule is COP(=O)(OC)c1cc(-c2cc(P(=O)(OC)OC)cc3ccccc23)c2ccccc2c1. The van der Waals surface area contributed by atoms with E-state index in [9.17, 15) is 9.13 Å². The first kappa shape index (κ1) is 22.9. The van der Waals surface area contributed by atoms with E-state index in [0.717, 1.165) is 32.7 Å². The molecule has 0 aromatic heterocycles. The minimum Gasteiger partial charge on any atom is -0.309 e. The van der Waals surface area contributed by atoms with Gasteiger partial charge >= 0.3 is 15.2 Å². The second kappa shape index (κ2) is 8.92. The van der Waals surface area contributed by atoms with Gasteiger partial charge in [0.2, 0.25) is 0 Å². The molecule has 166 valence electrons. The number of rotatable bonds is 7. The Hall–Kier alpha value is -2.30. The summed E-state index contributed by atoms with van der Waals surface area (Å²) < 4.78 is 47.5. The maximum Gasteiger partial charge on any atom is 0.360 e. The van der Waals surface area contributed by atoms with Crippen LogP contribution >= 0.6 is 15.2 Å². The molecule has 8 heteroatoms. The number of hydrogen-bond donors (Lipinski definition) is 0. The Morgan fingerprint density at radius 2 is 0.875 bits per heavy atom. The summed E-state index contributed by atoms with van der Waals surface area (Å²) in [5.41, 5.74) is 1.62. The topological polar surface area (TPSA) is 71.1 Å². The molecule has 6 nitrogen and oxygen atoms in total. The molecule has 4 aromatic carbocycles. The standard InChI is InChI=1S/C24H24O6P2/c1-27-31(25,28-2)19-13-17-9-5-7-11-21(17)23(15-19)24-16-20(32(26,29-3)30-4)14-18-10-6-8-12-22(18)24/h5-16H,1-4H3. The van der Waals surface area contributed by atoms with Crippen LogP contribution in [0.2, 0.25) is 0 Å². The Morgan fingerprint density at radius 1 is 0.531 bits per heavy atom. The van der Waals surface area contributed by atoms with Crippen LogP contribution in [0.5, 0.6) is 0 Å². The van der Waals surface area contributed by atoms with Gasteiger partial charge in [-0.15, -0.1) is 0 Å². The smallest absolute Gasteiger partial charge is 0.309 e. The molecule has 32 heavy (non-hydrogen) atoms. The van der Waals surface area contributed by atoms with Gasteiger partial charge in [-0.05, 0) is 56.9 Å². The van der Waals surface area contributed by atoms with E-state index in [0.29, 0.717) is 10.6 Å². The van der Waals surface area contributed by atoms with Crippen molar-refractivity contribution >= 4 is 47.3 Å². The third kappa shape index (κ3) is 3.84. The Morgan fingerprint density at radius 3 is 1.22 bits per heavy atom. The van der Waals surface area contributed by atoms with Crippen molar-refractivity contribution in [3.63, 3.8) is 0 Å². The predicted octanol–water partition coefficient (Wildman–Crippen LogP) is 5.88. The third-order valence-corrected chi connectivity index (χ3v) is 9.28. The van der Waals surface area contributed by atoms with Gasteiger partial charge in [0.25, 0.3) is 0 Å². The van der Waals surface area contributed by atoms with Crippen LogP contribution in [0, 0.1) is 0 Å². The fourth-order valence-electron chi connectivity index (χ4n) is 3.92. The molecule has 0 aliphatic heterocycles. The lowest BCUT2D eigenvalue weighted by Gasteiger charge is -2.19. The first-order valence-corrected chi connectivity index (χ1v) is 13.0. The second-order valence-electron chi connectivity index (χ2n) is 7.15. The highest BCUT2D eigenvalue weighted by Gasteiger charge is 2.28. The van der Waals surface area contributed by atoms with E-state index in [2.05, 4.69) is 0 Å². The van der Waals surface area contributed by atoms with Gasteiger partial charge in [0.1, 0.15) is 0 Å². The zero-order valence-corrected chi connectivity index (χ0v) is 20.1. The summed E-state index contributed by atoms with van der Waals surface area (Å²) in [6.07, 6.45) is 0. The van der Waals surface area contributed by atoms with Gasteiger partial charge in [0, 0.05) is 28.4 Å². The highest BCUT2D eigenvalue weighted by molar-refractivity contribution is 7.62. The molecule has 0 N–H and O–H groups in total. The fraction of sp³-hybridized carbons (Fsp3) is 0.167.